The second-order valence-electron chi connectivity index (χ2n) is 4.82. The van der Waals surface area contributed by atoms with Crippen LogP contribution in [0.25, 0.3) is 0 Å². The van der Waals surface area contributed by atoms with E-state index in [9.17, 15) is 22.8 Å². The fourth-order valence-electron chi connectivity index (χ4n) is 1.86. The van der Waals surface area contributed by atoms with E-state index in [4.69, 9.17) is 16.7 Å². The fourth-order valence-corrected chi connectivity index (χ4v) is 2.02. The Morgan fingerprint density at radius 1 is 1.36 bits per heavy atom. The Hall–Kier alpha value is -1.96. The Kier molecular flexibility index (Phi) is 4.50. The number of hydrogen-bond acceptors (Lipinski definition) is 3. The lowest BCUT2D eigenvalue weighted by Gasteiger charge is -2.14. The van der Waals surface area contributed by atoms with Gasteiger partial charge in [0.2, 0.25) is 5.91 Å². The number of amides is 1. The SMILES string of the molecule is O=C(O)C1CC1C(=O)Nc1ccc(Cl)cc1OCC(F)(F)F. The first kappa shape index (κ1) is 16.4. The number of rotatable bonds is 5. The summed E-state index contributed by atoms with van der Waals surface area (Å²) in [6.07, 6.45) is -4.33. The normalized spacial score (nSPS) is 20.4. The zero-order valence-electron chi connectivity index (χ0n) is 11.0. The Balaban J connectivity index is 2.07. The van der Waals surface area contributed by atoms with Gasteiger partial charge in [-0.15, -0.1) is 0 Å². The van der Waals surface area contributed by atoms with Crippen molar-refractivity contribution in [3.63, 3.8) is 0 Å². The Bertz CT molecular complexity index is 605. The molecule has 0 aromatic heterocycles. The molecule has 0 aliphatic heterocycles. The van der Waals surface area contributed by atoms with Crippen molar-refractivity contribution in [2.45, 2.75) is 12.6 Å². The molecular formula is C13H11ClF3NO4. The van der Waals surface area contributed by atoms with Crippen LogP contribution in [-0.2, 0) is 9.59 Å². The van der Waals surface area contributed by atoms with E-state index in [1.165, 1.54) is 12.1 Å². The van der Waals surface area contributed by atoms with Gasteiger partial charge < -0.3 is 15.2 Å². The summed E-state index contributed by atoms with van der Waals surface area (Å²) in [5, 5.41) is 11.3. The molecule has 120 valence electrons. The van der Waals surface area contributed by atoms with Gasteiger partial charge in [0.05, 0.1) is 17.5 Å². The first-order valence-corrected chi connectivity index (χ1v) is 6.58. The molecule has 1 fully saturated rings. The smallest absolute Gasteiger partial charge is 0.422 e. The molecule has 0 spiro atoms. The average molecular weight is 338 g/mol. The number of anilines is 1. The van der Waals surface area contributed by atoms with E-state index >= 15 is 0 Å². The van der Waals surface area contributed by atoms with E-state index in [0.717, 1.165) is 6.07 Å². The van der Waals surface area contributed by atoms with Crippen LogP contribution in [0.3, 0.4) is 0 Å². The molecular weight excluding hydrogens is 327 g/mol. The standard InChI is InChI=1S/C13H11ClF3NO4/c14-6-1-2-9(10(3-6)22-5-13(15,16)17)18-11(19)7-4-8(7)12(20)21/h1-3,7-8H,4-5H2,(H,18,19)(H,20,21). The highest BCUT2D eigenvalue weighted by atomic mass is 35.5. The fraction of sp³-hybridized carbons (Fsp3) is 0.385. The van der Waals surface area contributed by atoms with Crippen molar-refractivity contribution in [3.8, 4) is 5.75 Å². The molecule has 1 aromatic carbocycles. The maximum absolute atomic E-state index is 12.2. The van der Waals surface area contributed by atoms with E-state index in [-0.39, 0.29) is 22.9 Å². The van der Waals surface area contributed by atoms with E-state index in [1.54, 1.807) is 0 Å². The molecule has 1 saturated carbocycles. The van der Waals surface area contributed by atoms with Gasteiger partial charge >= 0.3 is 12.1 Å². The second-order valence-corrected chi connectivity index (χ2v) is 5.26. The minimum Gasteiger partial charge on any atom is -0.482 e. The summed E-state index contributed by atoms with van der Waals surface area (Å²) >= 11 is 5.69. The maximum Gasteiger partial charge on any atom is 0.422 e. The van der Waals surface area contributed by atoms with E-state index < -0.39 is 36.5 Å². The number of halogens is 4. The van der Waals surface area contributed by atoms with Gasteiger partial charge in [0.1, 0.15) is 5.75 Å². The molecule has 1 amide bonds. The summed E-state index contributed by atoms with van der Waals surface area (Å²) in [7, 11) is 0. The first-order valence-electron chi connectivity index (χ1n) is 6.20. The van der Waals surface area contributed by atoms with Crippen LogP contribution in [-0.4, -0.2) is 29.8 Å². The molecule has 0 saturated heterocycles. The number of carboxylic acids is 1. The van der Waals surface area contributed by atoms with Crippen LogP contribution in [0.15, 0.2) is 18.2 Å². The molecule has 0 radical (unpaired) electrons. The number of benzene rings is 1. The third-order valence-corrected chi connectivity index (χ3v) is 3.27. The van der Waals surface area contributed by atoms with Crippen LogP contribution < -0.4 is 10.1 Å². The molecule has 22 heavy (non-hydrogen) atoms. The van der Waals surface area contributed by atoms with Crippen molar-refractivity contribution in [2.24, 2.45) is 11.8 Å². The van der Waals surface area contributed by atoms with Crippen molar-refractivity contribution in [1.82, 2.24) is 0 Å². The first-order chi connectivity index (χ1) is 10.2. The van der Waals surface area contributed by atoms with Crippen LogP contribution in [0.5, 0.6) is 5.75 Å². The van der Waals surface area contributed by atoms with Gasteiger partial charge in [-0.2, -0.15) is 13.2 Å². The number of carbonyl (C=O) groups is 2. The second kappa shape index (κ2) is 6.04. The van der Waals surface area contributed by atoms with Crippen LogP contribution in [0.4, 0.5) is 18.9 Å². The molecule has 5 nitrogen and oxygen atoms in total. The van der Waals surface area contributed by atoms with Gasteiger partial charge in [-0.3, -0.25) is 9.59 Å². The molecule has 0 bridgehead atoms. The summed E-state index contributed by atoms with van der Waals surface area (Å²) in [5.74, 6) is -3.34. The largest absolute Gasteiger partial charge is 0.482 e. The number of carboxylic acid groups (broad SMARTS) is 1. The van der Waals surface area contributed by atoms with Crippen LogP contribution in [0.1, 0.15) is 6.42 Å². The molecule has 2 atom stereocenters. The number of aliphatic carboxylic acids is 1. The topological polar surface area (TPSA) is 75.6 Å². The highest BCUT2D eigenvalue weighted by molar-refractivity contribution is 6.30. The van der Waals surface area contributed by atoms with Crippen molar-refractivity contribution < 1.29 is 32.6 Å². The average Bonchev–Trinajstić information content (AvgIpc) is 3.18. The molecule has 9 heteroatoms. The summed E-state index contributed by atoms with van der Waals surface area (Å²) in [6, 6.07) is 3.81. The summed E-state index contributed by atoms with van der Waals surface area (Å²) < 4.78 is 41.2. The predicted octanol–water partition coefficient (Wildman–Crippen LogP) is 2.94. The van der Waals surface area contributed by atoms with Gasteiger partial charge in [-0.25, -0.2) is 0 Å². The third-order valence-electron chi connectivity index (χ3n) is 3.04. The summed E-state index contributed by atoms with van der Waals surface area (Å²) in [5.41, 5.74) is 0.00897. The lowest BCUT2D eigenvalue weighted by atomic mass is 10.2. The van der Waals surface area contributed by atoms with Crippen LogP contribution >= 0.6 is 11.6 Å². The maximum atomic E-state index is 12.2. The van der Waals surface area contributed by atoms with Gasteiger partial charge in [-0.1, -0.05) is 11.6 Å². The number of ether oxygens (including phenoxy) is 1. The highest BCUT2D eigenvalue weighted by Crippen LogP contribution is 2.40. The zero-order chi connectivity index (χ0) is 16.5. The number of nitrogens with one attached hydrogen (secondary N) is 1. The van der Waals surface area contributed by atoms with Gasteiger partial charge in [0.25, 0.3) is 0 Å². The van der Waals surface area contributed by atoms with E-state index in [1.807, 2.05) is 0 Å². The summed E-state index contributed by atoms with van der Waals surface area (Å²) in [4.78, 5) is 22.5. The van der Waals surface area contributed by atoms with Crippen molar-refractivity contribution in [3.05, 3.63) is 23.2 Å². The van der Waals surface area contributed by atoms with E-state index in [0.29, 0.717) is 0 Å². The molecule has 2 unspecified atom stereocenters. The number of carbonyl (C=O) groups excluding carboxylic acids is 1. The predicted molar refractivity (Wildman–Crippen MR) is 70.9 cm³/mol. The summed E-state index contributed by atoms with van der Waals surface area (Å²) in [6.45, 7) is -1.53. The Morgan fingerprint density at radius 2 is 2.05 bits per heavy atom. The van der Waals surface area contributed by atoms with E-state index in [2.05, 4.69) is 10.1 Å². The monoisotopic (exact) mass is 337 g/mol. The Labute approximate surface area is 128 Å². The van der Waals surface area contributed by atoms with Gasteiger partial charge in [0.15, 0.2) is 6.61 Å². The van der Waals surface area contributed by atoms with Crippen molar-refractivity contribution in [2.75, 3.05) is 11.9 Å². The van der Waals surface area contributed by atoms with Gasteiger partial charge in [-0.05, 0) is 18.6 Å². The molecule has 1 aliphatic carbocycles. The quantitative estimate of drug-likeness (QED) is 0.866. The minimum atomic E-state index is -4.53. The Morgan fingerprint density at radius 3 is 2.59 bits per heavy atom. The van der Waals surface area contributed by atoms with Crippen LogP contribution in [0.2, 0.25) is 5.02 Å². The third kappa shape index (κ3) is 4.27. The zero-order valence-corrected chi connectivity index (χ0v) is 11.7. The minimum absolute atomic E-state index is 0.00897. The lowest BCUT2D eigenvalue weighted by Crippen LogP contribution is -2.21. The van der Waals surface area contributed by atoms with Crippen molar-refractivity contribution >= 4 is 29.2 Å². The van der Waals surface area contributed by atoms with Crippen LogP contribution in [0, 0.1) is 11.8 Å². The molecule has 0 heterocycles. The lowest BCUT2D eigenvalue weighted by molar-refractivity contribution is -0.153. The highest BCUT2D eigenvalue weighted by Gasteiger charge is 2.48. The molecule has 2 rings (SSSR count). The number of hydrogen-bond donors (Lipinski definition) is 2. The number of alkyl halides is 3. The molecule has 1 aromatic rings. The van der Waals surface area contributed by atoms with Gasteiger partial charge in [0, 0.05) is 11.1 Å². The molecule has 1 aliphatic rings. The molecule has 2 N–H and O–H groups in total. The van der Waals surface area contributed by atoms with Crippen molar-refractivity contribution in [1.29, 1.82) is 0 Å².